The Morgan fingerprint density at radius 2 is 1.02 bits per heavy atom. The van der Waals surface area contributed by atoms with Gasteiger partial charge in [0.15, 0.2) is 0 Å². The second kappa shape index (κ2) is 13.8. The van der Waals surface area contributed by atoms with Crippen molar-refractivity contribution in [3.63, 3.8) is 0 Å². The number of hydrogen-bond donors (Lipinski definition) is 0. The predicted molar refractivity (Wildman–Crippen MR) is 270 cm³/mol. The van der Waals surface area contributed by atoms with E-state index in [-0.39, 0.29) is 6.85 Å². The average molecular weight is 827 g/mol. The monoisotopic (exact) mass is 826 g/mol. The molecule has 0 fully saturated rings. The van der Waals surface area contributed by atoms with Crippen LogP contribution in [0.25, 0.3) is 55.3 Å². The van der Waals surface area contributed by atoms with Gasteiger partial charge in [0.05, 0.1) is 11.1 Å². The van der Waals surface area contributed by atoms with Crippen molar-refractivity contribution in [2.75, 3.05) is 9.71 Å². The average Bonchev–Trinajstić information content (AvgIpc) is 3.76. The van der Waals surface area contributed by atoms with Gasteiger partial charge in [-0.05, 0) is 97.4 Å². The van der Waals surface area contributed by atoms with E-state index >= 15 is 0 Å². The molecule has 10 aromatic carbocycles. The Labute approximate surface area is 378 Å². The minimum Gasteiger partial charge on any atom is -0.456 e. The smallest absolute Gasteiger partial charge is 0.333 e. The van der Waals surface area contributed by atoms with Crippen molar-refractivity contribution < 1.29 is 4.42 Å². The molecule has 0 unspecified atom stereocenters. The van der Waals surface area contributed by atoms with Crippen molar-refractivity contribution in [1.29, 1.82) is 0 Å². The van der Waals surface area contributed by atoms with Gasteiger partial charge in [0.1, 0.15) is 11.2 Å². The fourth-order valence-corrected chi connectivity index (χ4v) is 11.7. The van der Waals surface area contributed by atoms with Crippen LogP contribution in [0.3, 0.4) is 0 Å². The molecule has 4 heteroatoms. The summed E-state index contributed by atoms with van der Waals surface area (Å²) in [5.74, 6) is 0. The number of furan rings is 1. The first kappa shape index (κ1) is 36.2. The maximum absolute atomic E-state index is 6.98. The van der Waals surface area contributed by atoms with Gasteiger partial charge in [-0.3, -0.25) is 0 Å². The zero-order valence-electron chi connectivity index (χ0n) is 35.4. The summed E-state index contributed by atoms with van der Waals surface area (Å²) in [6.45, 7) is -0.195. The van der Waals surface area contributed by atoms with E-state index in [1.54, 1.807) is 0 Å². The Hall–Kier alpha value is -8.34. The highest BCUT2D eigenvalue weighted by atomic mass is 16.3. The first-order valence-electron chi connectivity index (χ1n) is 22.5. The van der Waals surface area contributed by atoms with Crippen LogP contribution in [0.4, 0.5) is 28.4 Å². The third-order valence-electron chi connectivity index (χ3n) is 14.3. The summed E-state index contributed by atoms with van der Waals surface area (Å²) in [6.07, 6.45) is 0. The van der Waals surface area contributed by atoms with Gasteiger partial charge < -0.3 is 14.1 Å². The zero-order chi connectivity index (χ0) is 42.6. The quantitative estimate of drug-likeness (QED) is 0.161. The number of benzene rings is 10. The Bertz CT molecular complexity index is 3640. The van der Waals surface area contributed by atoms with Crippen molar-refractivity contribution in [1.82, 2.24) is 0 Å². The molecule has 4 heterocycles. The predicted octanol–water partition coefficient (Wildman–Crippen LogP) is 14.3. The molecule has 3 nitrogen and oxygen atoms in total. The summed E-state index contributed by atoms with van der Waals surface area (Å²) in [7, 11) is 0. The summed E-state index contributed by atoms with van der Waals surface area (Å²) in [5.41, 5.74) is 21.6. The van der Waals surface area contributed by atoms with E-state index in [0.717, 1.165) is 44.7 Å². The van der Waals surface area contributed by atoms with Crippen LogP contribution in [-0.4, -0.2) is 6.85 Å². The molecule has 0 saturated carbocycles. The third-order valence-corrected chi connectivity index (χ3v) is 14.3. The number of para-hydroxylation sites is 3. The van der Waals surface area contributed by atoms with Crippen LogP contribution < -0.4 is 20.6 Å². The molecule has 0 bridgehead atoms. The van der Waals surface area contributed by atoms with Crippen molar-refractivity contribution >= 4 is 68.1 Å². The fourth-order valence-electron chi connectivity index (χ4n) is 11.7. The van der Waals surface area contributed by atoms with Gasteiger partial charge in [0.25, 0.3) is 0 Å². The van der Waals surface area contributed by atoms with Crippen LogP contribution >= 0.6 is 0 Å². The highest BCUT2D eigenvalue weighted by Gasteiger charge is 2.53. The minimum atomic E-state index is -0.611. The van der Waals surface area contributed by atoms with E-state index < -0.39 is 5.41 Å². The molecule has 0 amide bonds. The van der Waals surface area contributed by atoms with Crippen LogP contribution in [0.2, 0.25) is 0 Å². The number of anilines is 5. The lowest BCUT2D eigenvalue weighted by Crippen LogP contribution is -2.62. The molecule has 302 valence electrons. The molecule has 0 radical (unpaired) electrons. The molecule has 3 aliphatic rings. The highest BCUT2D eigenvalue weighted by Crippen LogP contribution is 2.60. The van der Waals surface area contributed by atoms with Crippen molar-refractivity contribution in [3.05, 3.63) is 259 Å². The Morgan fingerprint density at radius 3 is 1.75 bits per heavy atom. The lowest BCUT2D eigenvalue weighted by molar-refractivity contribution is 0.669. The second-order valence-electron chi connectivity index (χ2n) is 17.5. The van der Waals surface area contributed by atoms with Crippen molar-refractivity contribution in [2.24, 2.45) is 0 Å². The van der Waals surface area contributed by atoms with Gasteiger partial charge >= 0.3 is 6.85 Å². The lowest BCUT2D eigenvalue weighted by Gasteiger charge is -2.52. The second-order valence-corrected chi connectivity index (χ2v) is 17.5. The van der Waals surface area contributed by atoms with E-state index in [2.05, 4.69) is 246 Å². The Kier molecular flexibility index (Phi) is 7.70. The van der Waals surface area contributed by atoms with Gasteiger partial charge in [0.2, 0.25) is 0 Å². The summed E-state index contributed by atoms with van der Waals surface area (Å²) in [6, 6.07) is 87.2. The van der Waals surface area contributed by atoms with Crippen LogP contribution in [-0.2, 0) is 5.41 Å². The molecule has 1 aromatic heterocycles. The number of nitrogens with zero attached hydrogens (tertiary/aromatic N) is 2. The van der Waals surface area contributed by atoms with E-state index in [9.17, 15) is 0 Å². The Morgan fingerprint density at radius 1 is 0.415 bits per heavy atom. The molecule has 0 saturated heterocycles. The van der Waals surface area contributed by atoms with Gasteiger partial charge in [0, 0.05) is 45.2 Å². The van der Waals surface area contributed by atoms with E-state index in [4.69, 9.17) is 4.42 Å². The normalized spacial score (nSPS) is 13.9. The fraction of sp³-hybridized carbons (Fsp3) is 0.0164. The van der Waals surface area contributed by atoms with Crippen LogP contribution in [0, 0.1) is 0 Å². The lowest BCUT2D eigenvalue weighted by atomic mass is 9.42. The van der Waals surface area contributed by atoms with Crippen LogP contribution in [0.1, 0.15) is 22.3 Å². The molecule has 0 atom stereocenters. The SMILES string of the molecule is c1ccc(-c2cccc(N3B4c5cccc6c5N(c5ccccc5C6(c5ccccc5)c5ccccc5)c5cc6oc7ccccc7c6c(c54)-c4cc(-c5ccccc5)ccc43)c2)cc1. The number of fused-ring (bicyclic) bond motifs is 10. The van der Waals surface area contributed by atoms with Crippen molar-refractivity contribution in [3.8, 4) is 33.4 Å². The molecular formula is C61H39BN2O. The molecule has 11 aromatic rings. The summed E-state index contributed by atoms with van der Waals surface area (Å²) in [4.78, 5) is 5.22. The minimum absolute atomic E-state index is 0.195. The van der Waals surface area contributed by atoms with E-state index in [1.807, 2.05) is 0 Å². The molecule has 65 heavy (non-hydrogen) atoms. The molecule has 0 spiro atoms. The van der Waals surface area contributed by atoms with Crippen molar-refractivity contribution in [2.45, 2.75) is 5.41 Å². The van der Waals surface area contributed by atoms with Gasteiger partial charge in [-0.15, -0.1) is 0 Å². The molecular weight excluding hydrogens is 787 g/mol. The topological polar surface area (TPSA) is 19.6 Å². The summed E-state index contributed by atoms with van der Waals surface area (Å²) in [5, 5.41) is 2.28. The molecule has 0 aliphatic carbocycles. The van der Waals surface area contributed by atoms with Gasteiger partial charge in [-0.25, -0.2) is 0 Å². The summed E-state index contributed by atoms with van der Waals surface area (Å²) < 4.78 is 6.98. The van der Waals surface area contributed by atoms with E-state index in [1.165, 1.54) is 72.2 Å². The van der Waals surface area contributed by atoms with Crippen LogP contribution in [0.15, 0.2) is 241 Å². The van der Waals surface area contributed by atoms with Crippen LogP contribution in [0.5, 0.6) is 0 Å². The maximum atomic E-state index is 6.98. The molecule has 14 rings (SSSR count). The maximum Gasteiger partial charge on any atom is 0.333 e. The first-order valence-corrected chi connectivity index (χ1v) is 22.5. The zero-order valence-corrected chi connectivity index (χ0v) is 35.4. The standard InChI is InChI=1S/C61H39BN2O/c1-5-19-40(20-6-1)42-23-17-28-46(37-42)64-52-36-35-43(41-21-7-2-8-22-41)38-48(52)58-57-47-29-13-16-34-55(47)65-56(57)39-54-59(58)62(64)51-32-18-31-50-60(51)63(54)53-33-15-14-30-49(53)61(50,44-24-9-3-10-25-44)45-26-11-4-12-27-45/h1-39H. The number of hydrogen-bond acceptors (Lipinski definition) is 3. The van der Waals surface area contributed by atoms with E-state index in [0.29, 0.717) is 0 Å². The molecule has 3 aliphatic heterocycles. The number of rotatable bonds is 5. The largest absolute Gasteiger partial charge is 0.456 e. The highest BCUT2D eigenvalue weighted by molar-refractivity contribution is 6.94. The Balaban J connectivity index is 1.16. The molecule has 0 N–H and O–H groups in total. The third kappa shape index (κ3) is 5.02. The van der Waals surface area contributed by atoms with Gasteiger partial charge in [-0.1, -0.05) is 194 Å². The van der Waals surface area contributed by atoms with Gasteiger partial charge in [-0.2, -0.15) is 0 Å². The summed E-state index contributed by atoms with van der Waals surface area (Å²) >= 11 is 0. The first-order chi connectivity index (χ1) is 32.3.